The molecule has 0 saturated carbocycles. The molecule has 1 aromatic rings. The van der Waals surface area contributed by atoms with Crippen LogP contribution in [0.15, 0.2) is 6.07 Å². The predicted molar refractivity (Wildman–Crippen MR) is 69.8 cm³/mol. The molecule has 0 radical (unpaired) electrons. The van der Waals surface area contributed by atoms with Crippen LogP contribution in [0, 0.1) is 18.3 Å². The SMILES string of the molecule is Cc1cc(C(=N)N)nc(N2CCC(C)C(O)C2)n1. The van der Waals surface area contributed by atoms with Crippen LogP contribution >= 0.6 is 0 Å². The van der Waals surface area contributed by atoms with Gasteiger partial charge >= 0.3 is 0 Å². The Hall–Kier alpha value is -1.69. The van der Waals surface area contributed by atoms with E-state index >= 15 is 0 Å². The van der Waals surface area contributed by atoms with Crippen molar-refractivity contribution in [1.82, 2.24) is 9.97 Å². The first kappa shape index (κ1) is 12.8. The molecule has 18 heavy (non-hydrogen) atoms. The molecule has 1 aromatic heterocycles. The van der Waals surface area contributed by atoms with Gasteiger partial charge in [-0.1, -0.05) is 6.92 Å². The van der Waals surface area contributed by atoms with Gasteiger partial charge < -0.3 is 15.7 Å². The highest BCUT2D eigenvalue weighted by Crippen LogP contribution is 2.21. The number of aromatic nitrogens is 2. The summed E-state index contributed by atoms with van der Waals surface area (Å²) in [6.07, 6.45) is 0.553. The van der Waals surface area contributed by atoms with E-state index in [9.17, 15) is 5.11 Å². The van der Waals surface area contributed by atoms with Crippen LogP contribution in [0.25, 0.3) is 0 Å². The summed E-state index contributed by atoms with van der Waals surface area (Å²) in [5.74, 6) is 0.789. The number of rotatable bonds is 2. The maximum absolute atomic E-state index is 9.89. The van der Waals surface area contributed by atoms with Gasteiger partial charge in [0.05, 0.1) is 6.10 Å². The van der Waals surface area contributed by atoms with Crippen molar-refractivity contribution in [2.75, 3.05) is 18.0 Å². The van der Waals surface area contributed by atoms with Crippen LogP contribution in [0.2, 0.25) is 0 Å². The first-order valence-electron chi connectivity index (χ1n) is 6.10. The van der Waals surface area contributed by atoms with Gasteiger partial charge in [0.1, 0.15) is 11.5 Å². The van der Waals surface area contributed by atoms with E-state index in [1.165, 1.54) is 0 Å². The highest BCUT2D eigenvalue weighted by atomic mass is 16.3. The summed E-state index contributed by atoms with van der Waals surface area (Å²) in [5, 5.41) is 17.3. The molecule has 1 aliphatic heterocycles. The number of hydrogen-bond acceptors (Lipinski definition) is 5. The van der Waals surface area contributed by atoms with Gasteiger partial charge in [0, 0.05) is 18.8 Å². The van der Waals surface area contributed by atoms with Crippen LogP contribution in [0.4, 0.5) is 5.95 Å². The number of amidine groups is 1. The van der Waals surface area contributed by atoms with E-state index in [0.29, 0.717) is 24.1 Å². The van der Waals surface area contributed by atoms with Gasteiger partial charge in [-0.15, -0.1) is 0 Å². The molecule has 0 aromatic carbocycles. The minimum Gasteiger partial charge on any atom is -0.391 e. The van der Waals surface area contributed by atoms with Crippen molar-refractivity contribution in [2.45, 2.75) is 26.4 Å². The van der Waals surface area contributed by atoms with Crippen molar-refractivity contribution < 1.29 is 5.11 Å². The Labute approximate surface area is 106 Å². The highest BCUT2D eigenvalue weighted by Gasteiger charge is 2.26. The Kier molecular flexibility index (Phi) is 3.47. The van der Waals surface area contributed by atoms with Gasteiger partial charge in [-0.2, -0.15) is 0 Å². The molecule has 6 nitrogen and oxygen atoms in total. The summed E-state index contributed by atoms with van der Waals surface area (Å²) in [7, 11) is 0. The average Bonchev–Trinajstić information content (AvgIpc) is 2.31. The van der Waals surface area contributed by atoms with Crippen LogP contribution < -0.4 is 10.6 Å². The lowest BCUT2D eigenvalue weighted by Crippen LogP contribution is -2.43. The molecule has 0 amide bonds. The summed E-state index contributed by atoms with van der Waals surface area (Å²) in [5.41, 5.74) is 6.67. The van der Waals surface area contributed by atoms with E-state index in [0.717, 1.165) is 18.7 Å². The number of aliphatic hydroxyl groups excluding tert-OH is 1. The first-order valence-corrected chi connectivity index (χ1v) is 6.10. The molecular formula is C12H19N5O. The molecule has 4 N–H and O–H groups in total. The van der Waals surface area contributed by atoms with E-state index < -0.39 is 0 Å². The zero-order valence-electron chi connectivity index (χ0n) is 10.7. The minimum atomic E-state index is -0.358. The summed E-state index contributed by atoms with van der Waals surface area (Å²) in [6, 6.07) is 1.69. The van der Waals surface area contributed by atoms with Crippen molar-refractivity contribution in [3.05, 3.63) is 17.5 Å². The van der Waals surface area contributed by atoms with Crippen molar-refractivity contribution >= 4 is 11.8 Å². The normalized spacial score (nSPS) is 24.1. The average molecular weight is 249 g/mol. The van der Waals surface area contributed by atoms with Crippen LogP contribution in [-0.2, 0) is 0 Å². The second-order valence-corrected chi connectivity index (χ2v) is 4.89. The topological polar surface area (TPSA) is 99.1 Å². The van der Waals surface area contributed by atoms with Gasteiger partial charge in [-0.05, 0) is 25.3 Å². The van der Waals surface area contributed by atoms with Gasteiger partial charge in [-0.25, -0.2) is 9.97 Å². The molecule has 6 heteroatoms. The van der Waals surface area contributed by atoms with Crippen molar-refractivity contribution in [3.8, 4) is 0 Å². The standard InChI is InChI=1S/C12H19N5O/c1-7-3-4-17(6-10(7)18)12-15-8(2)5-9(16-12)11(13)14/h5,7,10,18H,3-4,6H2,1-2H3,(H3,13,14). The fraction of sp³-hybridized carbons (Fsp3) is 0.583. The Morgan fingerprint density at radius 2 is 2.28 bits per heavy atom. The Morgan fingerprint density at radius 3 is 2.89 bits per heavy atom. The first-order chi connectivity index (χ1) is 8.47. The van der Waals surface area contributed by atoms with E-state index in [2.05, 4.69) is 9.97 Å². The largest absolute Gasteiger partial charge is 0.391 e. The monoisotopic (exact) mass is 249 g/mol. The third kappa shape index (κ3) is 2.59. The second-order valence-electron chi connectivity index (χ2n) is 4.89. The van der Waals surface area contributed by atoms with Crippen molar-refractivity contribution in [3.63, 3.8) is 0 Å². The zero-order chi connectivity index (χ0) is 13.3. The molecule has 0 bridgehead atoms. The van der Waals surface area contributed by atoms with Gasteiger partial charge in [0.2, 0.25) is 5.95 Å². The van der Waals surface area contributed by atoms with Crippen LogP contribution in [0.1, 0.15) is 24.7 Å². The van der Waals surface area contributed by atoms with E-state index in [-0.39, 0.29) is 11.9 Å². The molecule has 98 valence electrons. The number of piperidine rings is 1. The number of nitrogens with one attached hydrogen (secondary N) is 1. The van der Waals surface area contributed by atoms with E-state index in [1.807, 2.05) is 18.7 Å². The quantitative estimate of drug-likeness (QED) is 0.516. The number of aliphatic hydroxyl groups is 1. The summed E-state index contributed by atoms with van der Waals surface area (Å²) >= 11 is 0. The minimum absolute atomic E-state index is 0.0623. The molecule has 2 atom stereocenters. The van der Waals surface area contributed by atoms with Crippen molar-refractivity contribution in [2.24, 2.45) is 11.7 Å². The lowest BCUT2D eigenvalue weighted by atomic mass is 9.96. The number of anilines is 1. The molecule has 2 unspecified atom stereocenters. The number of aryl methyl sites for hydroxylation is 1. The van der Waals surface area contributed by atoms with Gasteiger partial charge in [0.25, 0.3) is 0 Å². The summed E-state index contributed by atoms with van der Waals surface area (Å²) in [4.78, 5) is 10.6. The maximum Gasteiger partial charge on any atom is 0.226 e. The Balaban J connectivity index is 2.25. The molecular weight excluding hydrogens is 230 g/mol. The summed E-state index contributed by atoms with van der Waals surface area (Å²) < 4.78 is 0. The third-order valence-electron chi connectivity index (χ3n) is 3.32. The highest BCUT2D eigenvalue weighted by molar-refractivity contribution is 5.93. The Bertz CT molecular complexity index is 462. The van der Waals surface area contributed by atoms with Gasteiger partial charge in [-0.3, -0.25) is 5.41 Å². The maximum atomic E-state index is 9.89. The number of nitrogens with two attached hydrogens (primary N) is 1. The molecule has 1 aliphatic rings. The lowest BCUT2D eigenvalue weighted by Gasteiger charge is -2.34. The lowest BCUT2D eigenvalue weighted by molar-refractivity contribution is 0.102. The number of hydrogen-bond donors (Lipinski definition) is 3. The molecule has 2 rings (SSSR count). The van der Waals surface area contributed by atoms with Crippen LogP contribution in [0.5, 0.6) is 0 Å². The number of nitrogens with zero attached hydrogens (tertiary/aromatic N) is 3. The second kappa shape index (κ2) is 4.89. The van der Waals surface area contributed by atoms with Gasteiger partial charge in [0.15, 0.2) is 0 Å². The predicted octanol–water partition coefficient (Wildman–Crippen LogP) is 0.276. The van der Waals surface area contributed by atoms with E-state index in [4.69, 9.17) is 11.1 Å². The van der Waals surface area contributed by atoms with E-state index in [1.54, 1.807) is 6.07 Å². The third-order valence-corrected chi connectivity index (χ3v) is 3.32. The molecule has 2 heterocycles. The zero-order valence-corrected chi connectivity index (χ0v) is 10.7. The fourth-order valence-corrected chi connectivity index (χ4v) is 2.06. The molecule has 1 saturated heterocycles. The molecule has 1 fully saturated rings. The smallest absolute Gasteiger partial charge is 0.226 e. The van der Waals surface area contributed by atoms with Crippen molar-refractivity contribution in [1.29, 1.82) is 5.41 Å². The fourth-order valence-electron chi connectivity index (χ4n) is 2.06. The van der Waals surface area contributed by atoms with Crippen LogP contribution in [0.3, 0.4) is 0 Å². The molecule has 0 aliphatic carbocycles. The van der Waals surface area contributed by atoms with Crippen LogP contribution in [-0.4, -0.2) is 40.1 Å². The Morgan fingerprint density at radius 1 is 1.56 bits per heavy atom. The summed E-state index contributed by atoms with van der Waals surface area (Å²) in [6.45, 7) is 5.24. The number of nitrogen functional groups attached to an aromatic ring is 1. The number of β-amino-alcohol motifs (C(OH)–C–C–N with tert-alkyl or cyclic N) is 1. The molecule has 0 spiro atoms.